The minimum atomic E-state index is -1.29. The first-order valence-electron chi connectivity index (χ1n) is 8.80. The van der Waals surface area contributed by atoms with Gasteiger partial charge in [0, 0.05) is 5.57 Å². The number of benzene rings is 1. The van der Waals surface area contributed by atoms with Crippen molar-refractivity contribution in [1.82, 2.24) is 0 Å². The van der Waals surface area contributed by atoms with Gasteiger partial charge in [-0.1, -0.05) is 43.0 Å². The van der Waals surface area contributed by atoms with E-state index >= 15 is 0 Å². The van der Waals surface area contributed by atoms with Crippen LogP contribution < -0.4 is 0 Å². The molecule has 0 amide bonds. The van der Waals surface area contributed by atoms with Crippen LogP contribution in [0.3, 0.4) is 0 Å². The first-order valence-corrected chi connectivity index (χ1v) is 9.18. The third-order valence-electron chi connectivity index (χ3n) is 5.26. The fourth-order valence-corrected chi connectivity index (χ4v) is 3.62. The van der Waals surface area contributed by atoms with Gasteiger partial charge in [0.25, 0.3) is 0 Å². The topological polar surface area (TPSA) is 54.4 Å². The highest BCUT2D eigenvalue weighted by molar-refractivity contribution is 6.34. The lowest BCUT2D eigenvalue weighted by molar-refractivity contribution is -0.143. The van der Waals surface area contributed by atoms with E-state index in [1.165, 1.54) is 6.08 Å². The molecular weight excluding hydrogens is 379 g/mol. The van der Waals surface area contributed by atoms with Gasteiger partial charge in [-0.25, -0.2) is 4.39 Å². The molecule has 0 aliphatic heterocycles. The van der Waals surface area contributed by atoms with E-state index in [9.17, 15) is 19.1 Å². The van der Waals surface area contributed by atoms with Gasteiger partial charge in [-0.05, 0) is 57.4 Å². The molecule has 3 nitrogen and oxygen atoms in total. The molecular formula is C23H24ClFO3. The van der Waals surface area contributed by atoms with Crippen LogP contribution in [0, 0.1) is 17.8 Å². The van der Waals surface area contributed by atoms with Gasteiger partial charge in [-0.3, -0.25) is 9.59 Å². The molecule has 1 aromatic carbocycles. The van der Waals surface area contributed by atoms with E-state index in [0.29, 0.717) is 16.7 Å². The van der Waals surface area contributed by atoms with Crippen LogP contribution in [0.4, 0.5) is 4.39 Å². The zero-order valence-corrected chi connectivity index (χ0v) is 17.5. The van der Waals surface area contributed by atoms with Crippen molar-refractivity contribution < 1.29 is 19.1 Å². The van der Waals surface area contributed by atoms with Gasteiger partial charge in [0.05, 0.1) is 21.4 Å². The summed E-state index contributed by atoms with van der Waals surface area (Å²) < 4.78 is 14.4. The average Bonchev–Trinajstić information content (AvgIpc) is 2.62. The number of rotatable bonds is 4. The van der Waals surface area contributed by atoms with Gasteiger partial charge in [0.15, 0.2) is 11.6 Å². The maximum Gasteiger partial charge on any atom is 0.179 e. The summed E-state index contributed by atoms with van der Waals surface area (Å²) in [4.78, 5) is 25.8. The Morgan fingerprint density at radius 2 is 1.75 bits per heavy atom. The predicted octanol–water partition coefficient (Wildman–Crippen LogP) is 6.09. The van der Waals surface area contributed by atoms with Crippen LogP contribution in [0.25, 0.3) is 11.1 Å². The normalized spacial score (nSPS) is 19.4. The fourth-order valence-electron chi connectivity index (χ4n) is 3.51. The lowest BCUT2D eigenvalue weighted by Crippen LogP contribution is -2.48. The van der Waals surface area contributed by atoms with Crippen LogP contribution in [0.2, 0.25) is 0 Å². The molecule has 2 rings (SSSR count). The molecule has 1 aromatic rings. The van der Waals surface area contributed by atoms with E-state index in [2.05, 4.69) is 13.2 Å². The molecule has 0 unspecified atom stereocenters. The van der Waals surface area contributed by atoms with Gasteiger partial charge >= 0.3 is 0 Å². The number of aliphatic hydroxyl groups is 1. The lowest BCUT2D eigenvalue weighted by Gasteiger charge is -2.38. The Balaban J connectivity index is 2.85. The number of carbonyl (C=O) groups is 2. The fraction of sp³-hybridized carbons (Fsp3) is 0.304. The standard InChI is InChI=1S/C23H24ClFO3/c1-8-15(18(25)13(3)24)14-10-9-12(2)16(11-14)17-19(26)22(4,5)21(28)23(6,7)20(17)27/h8-11,26H,1,3H2,2,4-7H3/b18-15-. The number of carbonyl (C=O) groups excluding carboxylic acids is 2. The van der Waals surface area contributed by atoms with E-state index < -0.39 is 22.4 Å². The summed E-state index contributed by atoms with van der Waals surface area (Å²) in [5, 5.41) is 10.6. The van der Waals surface area contributed by atoms with Gasteiger partial charge in [0.1, 0.15) is 11.6 Å². The maximum atomic E-state index is 14.4. The predicted molar refractivity (Wildman–Crippen MR) is 112 cm³/mol. The monoisotopic (exact) mass is 402 g/mol. The summed E-state index contributed by atoms with van der Waals surface area (Å²) in [6, 6.07) is 4.97. The molecule has 0 aromatic heterocycles. The second kappa shape index (κ2) is 7.17. The van der Waals surface area contributed by atoms with Crippen molar-refractivity contribution in [1.29, 1.82) is 0 Å². The van der Waals surface area contributed by atoms with Gasteiger partial charge < -0.3 is 5.11 Å². The minimum Gasteiger partial charge on any atom is -0.510 e. The van der Waals surface area contributed by atoms with E-state index in [-0.39, 0.29) is 27.7 Å². The van der Waals surface area contributed by atoms with Crippen molar-refractivity contribution in [3.8, 4) is 0 Å². The summed E-state index contributed by atoms with van der Waals surface area (Å²) in [6.45, 7) is 15.1. The SMILES string of the molecule is C=C/C(=C(/F)C(=C)Cl)c1ccc(C)c(C2=C(O)C(C)(C)C(=O)C(C)(C)C2=O)c1. The number of ketones is 2. The van der Waals surface area contributed by atoms with E-state index in [1.54, 1.807) is 52.8 Å². The second-order valence-electron chi connectivity index (χ2n) is 8.00. The lowest BCUT2D eigenvalue weighted by atomic mass is 9.62. The van der Waals surface area contributed by atoms with E-state index in [1.807, 2.05) is 0 Å². The third kappa shape index (κ3) is 3.26. The molecule has 0 heterocycles. The van der Waals surface area contributed by atoms with Gasteiger partial charge in [-0.15, -0.1) is 0 Å². The maximum absolute atomic E-state index is 14.4. The Hall–Kier alpha value is -2.46. The number of allylic oxidation sites excluding steroid dienone is 6. The molecule has 0 bridgehead atoms. The van der Waals surface area contributed by atoms with Crippen LogP contribution >= 0.6 is 11.6 Å². The zero-order valence-electron chi connectivity index (χ0n) is 16.7. The van der Waals surface area contributed by atoms with Crippen molar-refractivity contribution in [2.24, 2.45) is 10.8 Å². The first-order chi connectivity index (χ1) is 12.8. The van der Waals surface area contributed by atoms with Gasteiger partial charge in [0.2, 0.25) is 0 Å². The van der Waals surface area contributed by atoms with Crippen molar-refractivity contribution >= 4 is 34.3 Å². The smallest absolute Gasteiger partial charge is 0.179 e. The third-order valence-corrected chi connectivity index (χ3v) is 5.42. The van der Waals surface area contributed by atoms with Crippen molar-refractivity contribution in [3.05, 3.63) is 70.7 Å². The molecule has 1 aliphatic rings. The highest BCUT2D eigenvalue weighted by Gasteiger charge is 2.53. The molecule has 0 spiro atoms. The summed E-state index contributed by atoms with van der Waals surface area (Å²) in [5.41, 5.74) is -0.756. The van der Waals surface area contributed by atoms with Crippen LogP contribution in [0.5, 0.6) is 0 Å². The Kier molecular flexibility index (Phi) is 5.59. The highest BCUT2D eigenvalue weighted by Crippen LogP contribution is 2.47. The van der Waals surface area contributed by atoms with E-state index in [4.69, 9.17) is 11.6 Å². The first kappa shape index (κ1) is 21.8. The van der Waals surface area contributed by atoms with Crippen LogP contribution in [-0.2, 0) is 9.59 Å². The Bertz CT molecular complexity index is 978. The quantitative estimate of drug-likeness (QED) is 0.490. The molecule has 1 N–H and O–H groups in total. The number of hydrogen-bond donors (Lipinski definition) is 1. The molecule has 0 radical (unpaired) electrons. The summed E-state index contributed by atoms with van der Waals surface area (Å²) in [6.07, 6.45) is 1.31. The van der Waals surface area contributed by atoms with Crippen molar-refractivity contribution in [2.45, 2.75) is 34.6 Å². The second-order valence-corrected chi connectivity index (χ2v) is 8.45. The number of aryl methyl sites for hydroxylation is 1. The van der Waals surface area contributed by atoms with Gasteiger partial charge in [-0.2, -0.15) is 0 Å². The van der Waals surface area contributed by atoms with E-state index in [0.717, 1.165) is 0 Å². The summed E-state index contributed by atoms with van der Waals surface area (Å²) in [5.74, 6) is -1.83. The molecule has 0 saturated heterocycles. The molecule has 28 heavy (non-hydrogen) atoms. The molecule has 5 heteroatoms. The zero-order chi connectivity index (χ0) is 21.6. The molecule has 0 saturated carbocycles. The summed E-state index contributed by atoms with van der Waals surface area (Å²) >= 11 is 5.69. The molecule has 0 fully saturated rings. The van der Waals surface area contributed by atoms with Crippen LogP contribution in [-0.4, -0.2) is 16.7 Å². The van der Waals surface area contributed by atoms with Crippen molar-refractivity contribution in [3.63, 3.8) is 0 Å². The number of hydrogen-bond acceptors (Lipinski definition) is 3. The van der Waals surface area contributed by atoms with Crippen LogP contribution in [0.15, 0.2) is 54.1 Å². The number of Topliss-reactive ketones (excluding diaryl/α,β-unsaturated/α-hetero) is 2. The number of aliphatic hydroxyl groups excluding tert-OH is 1. The number of halogens is 2. The highest BCUT2D eigenvalue weighted by atomic mass is 35.5. The molecule has 1 aliphatic carbocycles. The largest absolute Gasteiger partial charge is 0.510 e. The Morgan fingerprint density at radius 1 is 1.18 bits per heavy atom. The molecule has 0 atom stereocenters. The summed E-state index contributed by atoms with van der Waals surface area (Å²) in [7, 11) is 0. The minimum absolute atomic E-state index is 0.0717. The van der Waals surface area contributed by atoms with Crippen LogP contribution in [0.1, 0.15) is 44.4 Å². The Morgan fingerprint density at radius 3 is 2.25 bits per heavy atom. The Labute approximate surface area is 169 Å². The molecule has 148 valence electrons. The van der Waals surface area contributed by atoms with Crippen molar-refractivity contribution in [2.75, 3.05) is 0 Å². The average molecular weight is 403 g/mol.